The van der Waals surface area contributed by atoms with Gasteiger partial charge in [-0.25, -0.2) is 4.79 Å². The Labute approximate surface area is 109 Å². The Morgan fingerprint density at radius 3 is 2.47 bits per heavy atom. The number of H-pyrrole nitrogens is 1. The Morgan fingerprint density at radius 2 is 1.89 bits per heavy atom. The second kappa shape index (κ2) is 4.61. The van der Waals surface area contributed by atoms with Crippen molar-refractivity contribution >= 4 is 11.8 Å². The number of carboxylic acid groups (broad SMARTS) is 1. The highest BCUT2D eigenvalue weighted by Crippen LogP contribution is 2.25. The molecule has 0 bridgehead atoms. The van der Waals surface area contributed by atoms with E-state index in [1.165, 1.54) is 6.07 Å². The van der Waals surface area contributed by atoms with Crippen LogP contribution in [-0.2, 0) is 0 Å². The van der Waals surface area contributed by atoms with E-state index in [0.717, 1.165) is 11.1 Å². The zero-order chi connectivity index (χ0) is 14.2. The SMILES string of the molecule is Cc1ccc(-c2cc(N)[nH]c(=O)c2C(=O)O)cc1C. The van der Waals surface area contributed by atoms with E-state index < -0.39 is 11.5 Å². The van der Waals surface area contributed by atoms with Gasteiger partial charge in [-0.2, -0.15) is 0 Å². The molecule has 0 spiro atoms. The fraction of sp³-hybridized carbons (Fsp3) is 0.143. The predicted molar refractivity (Wildman–Crippen MR) is 73.3 cm³/mol. The van der Waals surface area contributed by atoms with Gasteiger partial charge in [-0.15, -0.1) is 0 Å². The maximum absolute atomic E-state index is 11.7. The van der Waals surface area contributed by atoms with Gasteiger partial charge in [-0.3, -0.25) is 4.79 Å². The Balaban J connectivity index is 2.77. The fourth-order valence-electron chi connectivity index (χ4n) is 1.93. The first kappa shape index (κ1) is 12.9. The summed E-state index contributed by atoms with van der Waals surface area (Å²) in [5.41, 5.74) is 7.71. The number of aromatic amines is 1. The molecule has 0 aliphatic heterocycles. The van der Waals surface area contributed by atoms with Gasteiger partial charge in [-0.1, -0.05) is 18.2 Å². The molecule has 19 heavy (non-hydrogen) atoms. The molecule has 5 nitrogen and oxygen atoms in total. The van der Waals surface area contributed by atoms with Crippen LogP contribution in [0.5, 0.6) is 0 Å². The van der Waals surface area contributed by atoms with E-state index in [9.17, 15) is 9.59 Å². The largest absolute Gasteiger partial charge is 0.477 e. The zero-order valence-corrected chi connectivity index (χ0v) is 10.7. The number of hydrogen-bond acceptors (Lipinski definition) is 3. The van der Waals surface area contributed by atoms with E-state index >= 15 is 0 Å². The van der Waals surface area contributed by atoms with E-state index in [1.807, 2.05) is 26.0 Å². The van der Waals surface area contributed by atoms with Crippen LogP contribution in [0.1, 0.15) is 21.5 Å². The number of aryl methyl sites for hydroxylation is 2. The van der Waals surface area contributed by atoms with Crippen LogP contribution in [-0.4, -0.2) is 16.1 Å². The summed E-state index contributed by atoms with van der Waals surface area (Å²) < 4.78 is 0. The third-order valence-corrected chi connectivity index (χ3v) is 3.09. The lowest BCUT2D eigenvalue weighted by Crippen LogP contribution is -2.20. The molecule has 1 aromatic heterocycles. The quantitative estimate of drug-likeness (QED) is 0.766. The minimum atomic E-state index is -1.27. The van der Waals surface area contributed by atoms with Gasteiger partial charge in [0.1, 0.15) is 11.4 Å². The van der Waals surface area contributed by atoms with E-state index in [0.29, 0.717) is 11.1 Å². The van der Waals surface area contributed by atoms with Crippen molar-refractivity contribution in [2.24, 2.45) is 0 Å². The van der Waals surface area contributed by atoms with Crippen LogP contribution in [0.15, 0.2) is 29.1 Å². The highest BCUT2D eigenvalue weighted by molar-refractivity contribution is 5.96. The van der Waals surface area contributed by atoms with E-state index in [2.05, 4.69) is 4.98 Å². The molecular formula is C14H14N2O3. The van der Waals surface area contributed by atoms with Crippen LogP contribution < -0.4 is 11.3 Å². The number of benzene rings is 1. The lowest BCUT2D eigenvalue weighted by Gasteiger charge is -2.09. The molecule has 0 aliphatic carbocycles. The van der Waals surface area contributed by atoms with Crippen molar-refractivity contribution in [3.8, 4) is 11.1 Å². The molecular weight excluding hydrogens is 244 g/mol. The second-order valence-corrected chi connectivity index (χ2v) is 4.45. The first-order chi connectivity index (χ1) is 8.90. The van der Waals surface area contributed by atoms with Gasteiger partial charge >= 0.3 is 5.97 Å². The molecule has 0 atom stereocenters. The Bertz CT molecular complexity index is 717. The maximum atomic E-state index is 11.7. The van der Waals surface area contributed by atoms with Crippen molar-refractivity contribution in [1.82, 2.24) is 4.98 Å². The Morgan fingerprint density at radius 1 is 1.21 bits per heavy atom. The summed E-state index contributed by atoms with van der Waals surface area (Å²) in [7, 11) is 0. The van der Waals surface area contributed by atoms with Crippen molar-refractivity contribution < 1.29 is 9.90 Å². The highest BCUT2D eigenvalue weighted by atomic mass is 16.4. The number of pyridine rings is 1. The first-order valence-corrected chi connectivity index (χ1v) is 5.74. The molecule has 0 unspecified atom stereocenters. The number of nitrogen functional groups attached to an aromatic ring is 1. The van der Waals surface area contributed by atoms with Gasteiger partial charge in [0.05, 0.1) is 0 Å². The Kier molecular flexibility index (Phi) is 3.12. The Hall–Kier alpha value is -2.56. The minimum absolute atomic E-state index is 0.142. The summed E-state index contributed by atoms with van der Waals surface area (Å²) in [4.78, 5) is 25.2. The number of aromatic nitrogens is 1. The minimum Gasteiger partial charge on any atom is -0.477 e. The number of nitrogens with one attached hydrogen (secondary N) is 1. The number of nitrogens with two attached hydrogens (primary N) is 1. The van der Waals surface area contributed by atoms with Gasteiger partial charge in [0.15, 0.2) is 0 Å². The van der Waals surface area contributed by atoms with Crippen molar-refractivity contribution in [3.63, 3.8) is 0 Å². The van der Waals surface area contributed by atoms with Gasteiger partial charge in [0.2, 0.25) is 0 Å². The molecule has 0 saturated carbocycles. The average Bonchev–Trinajstić information content (AvgIpc) is 2.31. The van der Waals surface area contributed by atoms with Gasteiger partial charge in [0.25, 0.3) is 5.56 Å². The second-order valence-electron chi connectivity index (χ2n) is 4.45. The third-order valence-electron chi connectivity index (χ3n) is 3.09. The molecule has 0 fully saturated rings. The van der Waals surface area contributed by atoms with E-state index in [-0.39, 0.29) is 11.4 Å². The number of carboxylic acids is 1. The summed E-state index contributed by atoms with van der Waals surface area (Å²) in [6.07, 6.45) is 0. The lowest BCUT2D eigenvalue weighted by molar-refractivity contribution is 0.0696. The number of rotatable bonds is 2. The predicted octanol–water partition coefficient (Wildman–Crippen LogP) is 1.94. The van der Waals surface area contributed by atoms with Crippen LogP contribution in [0, 0.1) is 13.8 Å². The molecule has 1 aromatic carbocycles. The summed E-state index contributed by atoms with van der Waals surface area (Å²) in [6.45, 7) is 3.89. The smallest absolute Gasteiger partial charge is 0.341 e. The van der Waals surface area contributed by atoms with Crippen molar-refractivity contribution in [3.05, 3.63) is 51.3 Å². The van der Waals surface area contributed by atoms with Crippen molar-refractivity contribution in [1.29, 1.82) is 0 Å². The normalized spacial score (nSPS) is 10.4. The summed E-state index contributed by atoms with van der Waals surface area (Å²) >= 11 is 0. The summed E-state index contributed by atoms with van der Waals surface area (Å²) in [6, 6.07) is 6.97. The molecule has 0 saturated heterocycles. The zero-order valence-electron chi connectivity index (χ0n) is 10.7. The van der Waals surface area contributed by atoms with Crippen LogP contribution in [0.2, 0.25) is 0 Å². The number of carbonyl (C=O) groups is 1. The summed E-state index contributed by atoms with van der Waals surface area (Å²) in [5, 5.41) is 9.16. The van der Waals surface area contributed by atoms with Crippen LogP contribution in [0.3, 0.4) is 0 Å². The van der Waals surface area contributed by atoms with Gasteiger partial charge in [0, 0.05) is 5.56 Å². The molecule has 98 valence electrons. The monoisotopic (exact) mass is 258 g/mol. The van der Waals surface area contributed by atoms with Crippen LogP contribution in [0.25, 0.3) is 11.1 Å². The molecule has 5 heteroatoms. The van der Waals surface area contributed by atoms with Crippen molar-refractivity contribution in [2.45, 2.75) is 13.8 Å². The molecule has 0 amide bonds. The summed E-state index contributed by atoms with van der Waals surface area (Å²) in [5.74, 6) is -1.13. The third kappa shape index (κ3) is 2.35. The standard InChI is InChI=1S/C14H14N2O3/c1-7-3-4-9(5-8(7)2)10-6-11(15)16-13(17)12(10)14(18)19/h3-6H,1-2H3,(H,18,19)(H3,15,16,17). The van der Waals surface area contributed by atoms with E-state index in [1.54, 1.807) is 6.07 Å². The average molecular weight is 258 g/mol. The number of hydrogen-bond donors (Lipinski definition) is 3. The molecule has 0 aliphatic rings. The van der Waals surface area contributed by atoms with Gasteiger partial charge in [-0.05, 0) is 36.6 Å². The van der Waals surface area contributed by atoms with Crippen molar-refractivity contribution in [2.75, 3.05) is 5.73 Å². The highest BCUT2D eigenvalue weighted by Gasteiger charge is 2.17. The molecule has 2 aromatic rings. The van der Waals surface area contributed by atoms with Gasteiger partial charge < -0.3 is 15.8 Å². The van der Waals surface area contributed by atoms with E-state index in [4.69, 9.17) is 10.8 Å². The van der Waals surface area contributed by atoms with Crippen LogP contribution >= 0.6 is 0 Å². The topological polar surface area (TPSA) is 96.2 Å². The molecule has 1 heterocycles. The molecule has 2 rings (SSSR count). The number of anilines is 1. The first-order valence-electron chi connectivity index (χ1n) is 5.74. The molecule has 4 N–H and O–H groups in total. The molecule has 0 radical (unpaired) electrons. The number of aromatic carboxylic acids is 1. The lowest BCUT2D eigenvalue weighted by atomic mass is 9.97. The van der Waals surface area contributed by atoms with Crippen LogP contribution in [0.4, 0.5) is 5.82 Å². The fourth-order valence-corrected chi connectivity index (χ4v) is 1.93. The maximum Gasteiger partial charge on any atom is 0.341 e.